The van der Waals surface area contributed by atoms with Crippen LogP contribution in [0.2, 0.25) is 0 Å². The smallest absolute Gasteiger partial charge is 0.386 e. The van der Waals surface area contributed by atoms with E-state index in [1.807, 2.05) is 36.4 Å². The van der Waals surface area contributed by atoms with E-state index in [1.54, 1.807) is 42.8 Å². The van der Waals surface area contributed by atoms with E-state index in [-0.39, 0.29) is 64.9 Å². The third kappa shape index (κ3) is 27.6. The van der Waals surface area contributed by atoms with Gasteiger partial charge in [-0.1, -0.05) is 42.5 Å². The number of allylic oxidation sites excluding steroid dienone is 10. The van der Waals surface area contributed by atoms with Gasteiger partial charge >= 0.3 is 37.1 Å². The number of aliphatic hydroxyl groups is 6. The van der Waals surface area contributed by atoms with Gasteiger partial charge in [0.25, 0.3) is 0 Å². The fourth-order valence-corrected chi connectivity index (χ4v) is 3.88. The maximum absolute atomic E-state index is 11.8. The van der Waals surface area contributed by atoms with Crippen molar-refractivity contribution in [1.29, 1.82) is 0 Å². The maximum Gasteiger partial charge on any atom is 0.414 e. The summed E-state index contributed by atoms with van der Waals surface area (Å²) in [6.45, 7) is 0.560. The molecule has 8 N–H and O–H groups in total. The minimum absolute atomic E-state index is 0. The summed E-state index contributed by atoms with van der Waals surface area (Å²) < 4.78 is 206. The molecule has 389 valence electrons. The number of carbonyl (C=O) groups excluding carboxylic acids is 2. The van der Waals surface area contributed by atoms with Gasteiger partial charge in [-0.05, 0) is 35.9 Å². The quantitative estimate of drug-likeness (QED) is 0.0653. The van der Waals surface area contributed by atoms with Crippen molar-refractivity contribution >= 4 is 17.3 Å². The normalized spacial score (nSPS) is 18.1. The molecule has 2 aliphatic rings. The Labute approximate surface area is 400 Å². The molecule has 66 heavy (non-hydrogen) atoms. The molecule has 1 radical (unpaired) electrons. The summed E-state index contributed by atoms with van der Waals surface area (Å²) in [4.78, 5) is 23.5. The van der Waals surface area contributed by atoms with Gasteiger partial charge in [-0.2, -0.15) is 79.0 Å². The van der Waals surface area contributed by atoms with E-state index in [4.69, 9.17) is 30.6 Å². The van der Waals surface area contributed by atoms with Crippen LogP contribution in [0.1, 0.15) is 24.8 Å². The van der Waals surface area contributed by atoms with Gasteiger partial charge < -0.3 is 41.3 Å². The van der Waals surface area contributed by atoms with Crippen molar-refractivity contribution in [2.24, 2.45) is 0 Å². The number of hydrogen-bond acceptors (Lipinski definition) is 10. The van der Waals surface area contributed by atoms with Crippen molar-refractivity contribution in [3.63, 3.8) is 0 Å². The molecular weight excluding hydrogens is 1160 g/mol. The van der Waals surface area contributed by atoms with E-state index in [2.05, 4.69) is 10.6 Å². The van der Waals surface area contributed by atoms with E-state index in [0.717, 1.165) is 11.3 Å². The van der Waals surface area contributed by atoms with Gasteiger partial charge in [-0.3, -0.25) is 9.59 Å². The molecule has 30 heteroatoms. The standard InChI is InChI=1S/C21H18N2O2.3C5H6F6O2.Lu.Ni/c24-20-11-5-2-8-17(20)14-22-13-16-7-1-4-10-19(16)23-15-18-9-3-6-12-21(18)25;3*6-4(7,8)2(12)1-3(13)5(9,10)11;;/h1-12,14-15,22-23H,13H2;3*2-3,12-13H,1H2;;. The molecule has 0 fully saturated rings. The Hall–Kier alpha value is -3.17. The number of halogens is 18. The molecule has 1 aromatic carbocycles. The number of anilines is 1. The number of alkyl halides is 18. The number of para-hydroxylation sites is 1. The zero-order chi connectivity index (χ0) is 50.1. The molecule has 0 spiro atoms. The van der Waals surface area contributed by atoms with Gasteiger partial charge in [0, 0.05) is 108 Å². The second kappa shape index (κ2) is 29.0. The van der Waals surface area contributed by atoms with Crippen molar-refractivity contribution < 1.29 is 173 Å². The summed E-state index contributed by atoms with van der Waals surface area (Å²) >= 11 is 0. The van der Waals surface area contributed by atoms with Crippen molar-refractivity contribution in [2.75, 3.05) is 5.32 Å². The van der Waals surface area contributed by atoms with Gasteiger partial charge in [-0.25, -0.2) is 0 Å². The monoisotopic (exact) mass is 1200 g/mol. The number of hydrogen-bond donors (Lipinski definition) is 8. The van der Waals surface area contributed by atoms with Crippen LogP contribution in [0.4, 0.5) is 84.7 Å². The van der Waals surface area contributed by atoms with E-state index in [0.29, 0.717) is 17.7 Å². The van der Waals surface area contributed by atoms with Gasteiger partial charge in [0.2, 0.25) is 0 Å². The van der Waals surface area contributed by atoms with Crippen molar-refractivity contribution in [1.82, 2.24) is 5.32 Å². The Morgan fingerprint density at radius 2 is 0.727 bits per heavy atom. The van der Waals surface area contributed by atoms with Crippen LogP contribution in [0.3, 0.4) is 0 Å². The SMILES string of the molecule is O=C1C=CC=CC1=CNCc1ccccc1NC=C1C=CC=CC1=O.OC(CC(O)C(F)(F)F)C(F)(F)F.OC(CC(O)C(F)(F)F)C(F)(F)F.OC(CC(O)C(F)(F)F)C(F)(F)F.[Lu].[Ni]. The average Bonchev–Trinajstić information content (AvgIpc) is 3.14. The molecule has 0 amide bonds. The predicted molar refractivity (Wildman–Crippen MR) is 186 cm³/mol. The second-order valence-corrected chi connectivity index (χ2v) is 12.6. The minimum Gasteiger partial charge on any atom is -0.386 e. The fourth-order valence-electron chi connectivity index (χ4n) is 3.88. The Kier molecular flexibility index (Phi) is 29.5. The van der Waals surface area contributed by atoms with Crippen LogP contribution in [0, 0.1) is 36.9 Å². The minimum atomic E-state index is -5.15. The van der Waals surface area contributed by atoms with Crippen molar-refractivity contribution in [2.45, 2.75) is 99.5 Å². The van der Waals surface area contributed by atoms with E-state index >= 15 is 0 Å². The molecular formula is C36H36F18LuN2NiO8. The molecule has 0 heterocycles. The van der Waals surface area contributed by atoms with Crippen LogP contribution >= 0.6 is 0 Å². The van der Waals surface area contributed by atoms with Gasteiger partial charge in [0.1, 0.15) is 0 Å². The van der Waals surface area contributed by atoms with Gasteiger partial charge in [-0.15, -0.1) is 0 Å². The third-order valence-corrected chi connectivity index (χ3v) is 7.40. The van der Waals surface area contributed by atoms with Gasteiger partial charge in [0.15, 0.2) is 48.2 Å². The molecule has 2 aliphatic carbocycles. The van der Waals surface area contributed by atoms with E-state index < -0.39 is 92.9 Å². The molecule has 10 nitrogen and oxygen atoms in total. The second-order valence-electron chi connectivity index (χ2n) is 12.6. The van der Waals surface area contributed by atoms with Gasteiger partial charge in [0.05, 0.1) is 0 Å². The predicted octanol–water partition coefficient (Wildman–Crippen LogP) is 7.01. The molecule has 3 rings (SSSR count). The fraction of sp³-hybridized carbons (Fsp3) is 0.444. The first kappa shape index (κ1) is 67.1. The Morgan fingerprint density at radius 1 is 0.455 bits per heavy atom. The molecule has 0 saturated carbocycles. The van der Waals surface area contributed by atoms with Crippen LogP contribution in [0.15, 0.2) is 96.4 Å². The number of carbonyl (C=O) groups is 2. The molecule has 1 aromatic rings. The molecule has 6 atom stereocenters. The summed E-state index contributed by atoms with van der Waals surface area (Å²) in [7, 11) is 0. The summed E-state index contributed by atoms with van der Waals surface area (Å²) in [6.07, 6.45) is -38.1. The number of nitrogens with one attached hydrogen (secondary N) is 2. The Bertz CT molecular complexity index is 1680. The summed E-state index contributed by atoms with van der Waals surface area (Å²) in [5.41, 5.74) is 3.17. The summed E-state index contributed by atoms with van der Waals surface area (Å²) in [5.74, 6) is -0.0345. The average molecular weight is 1200 g/mol. The molecule has 0 bridgehead atoms. The van der Waals surface area contributed by atoms with Crippen LogP contribution in [-0.2, 0) is 32.6 Å². The number of benzene rings is 1. The summed E-state index contributed by atoms with van der Waals surface area (Å²) in [5, 5.41) is 55.2. The topological polar surface area (TPSA) is 180 Å². The summed E-state index contributed by atoms with van der Waals surface area (Å²) in [6, 6.07) is 7.82. The Balaban J connectivity index is -0.000000843. The van der Waals surface area contributed by atoms with Crippen LogP contribution in [-0.4, -0.2) is 116 Å². The maximum atomic E-state index is 11.8. The van der Waals surface area contributed by atoms with Crippen LogP contribution in [0.25, 0.3) is 0 Å². The van der Waals surface area contributed by atoms with Crippen LogP contribution in [0.5, 0.6) is 0 Å². The molecule has 0 aromatic heterocycles. The van der Waals surface area contributed by atoms with Crippen molar-refractivity contribution in [3.8, 4) is 0 Å². The van der Waals surface area contributed by atoms with Crippen molar-refractivity contribution in [3.05, 3.63) is 102 Å². The van der Waals surface area contributed by atoms with Crippen LogP contribution < -0.4 is 10.6 Å². The van der Waals surface area contributed by atoms with E-state index in [9.17, 15) is 88.6 Å². The third-order valence-electron chi connectivity index (χ3n) is 7.40. The molecule has 0 aliphatic heterocycles. The largest absolute Gasteiger partial charge is 0.414 e. The Morgan fingerprint density at radius 3 is 1.02 bits per heavy atom. The zero-order valence-corrected chi connectivity index (χ0v) is 34.9. The first-order valence-corrected chi connectivity index (χ1v) is 17.1. The first-order valence-electron chi connectivity index (χ1n) is 17.1. The number of rotatable bonds is 11. The number of ketones is 2. The zero-order valence-electron chi connectivity index (χ0n) is 32.3. The molecule has 0 saturated heterocycles. The number of aliphatic hydroxyl groups excluding tert-OH is 6. The van der Waals surface area contributed by atoms with E-state index in [1.165, 1.54) is 6.08 Å². The molecule has 6 unspecified atom stereocenters. The first-order chi connectivity index (χ1) is 28.9.